The molecule has 0 radical (unpaired) electrons. The van der Waals surface area contributed by atoms with Crippen LogP contribution in [0.3, 0.4) is 0 Å². The van der Waals surface area contributed by atoms with Crippen molar-refractivity contribution in [1.82, 2.24) is 0 Å². The molecular weight excluding hydrogens is 288 g/mol. The molecule has 0 spiro atoms. The maximum absolute atomic E-state index is 3.72. The summed E-state index contributed by atoms with van der Waals surface area (Å²) in [7, 11) is 3.73. The summed E-state index contributed by atoms with van der Waals surface area (Å²) in [6.45, 7) is 3.72. The van der Waals surface area contributed by atoms with Crippen molar-refractivity contribution in [2.75, 3.05) is 5.75 Å². The van der Waals surface area contributed by atoms with Gasteiger partial charge < -0.3 is 0 Å². The number of hydrogen-bond donors (Lipinski definition) is 0. The Morgan fingerprint density at radius 1 is 0.842 bits per heavy atom. The van der Waals surface area contributed by atoms with Crippen molar-refractivity contribution < 1.29 is 0 Å². The summed E-state index contributed by atoms with van der Waals surface area (Å²) >= 11 is 1.80. The Bertz CT molecular complexity index is 491. The van der Waals surface area contributed by atoms with Crippen LogP contribution in [-0.2, 0) is 5.75 Å². The van der Waals surface area contributed by atoms with E-state index >= 15 is 0 Å². The fourth-order valence-corrected chi connectivity index (χ4v) is 4.16. The highest BCUT2D eigenvalue weighted by molar-refractivity contribution is 8.76. The normalized spacial score (nSPS) is 10.3. The lowest BCUT2D eigenvalue weighted by atomic mass is 10.2. The van der Waals surface area contributed by atoms with Gasteiger partial charge in [0.25, 0.3) is 0 Å². The van der Waals surface area contributed by atoms with Gasteiger partial charge in [0.1, 0.15) is 0 Å². The Balaban J connectivity index is 1.86. The Hall–Kier alpha value is -0.770. The molecule has 0 N–H and O–H groups in total. The second-order valence-electron chi connectivity index (χ2n) is 3.89. The summed E-state index contributed by atoms with van der Waals surface area (Å²) < 4.78 is 0. The smallest absolute Gasteiger partial charge is 0.0288 e. The molecule has 0 fully saturated rings. The standard InChI is InChI=1S/C16H16S3/c1-2-12-17-18-13-14-8-10-16(11-9-14)19-15-6-4-3-5-7-15/h2-11H,1,12-13H2. The zero-order chi connectivity index (χ0) is 13.3. The van der Waals surface area contributed by atoms with E-state index < -0.39 is 0 Å². The van der Waals surface area contributed by atoms with Gasteiger partial charge in [0.05, 0.1) is 0 Å². The van der Waals surface area contributed by atoms with E-state index in [2.05, 4.69) is 55.1 Å². The first-order valence-electron chi connectivity index (χ1n) is 6.05. The summed E-state index contributed by atoms with van der Waals surface area (Å²) in [5.41, 5.74) is 1.37. The quantitative estimate of drug-likeness (QED) is 0.355. The van der Waals surface area contributed by atoms with Crippen LogP contribution in [0, 0.1) is 0 Å². The van der Waals surface area contributed by atoms with Gasteiger partial charge in [0, 0.05) is 21.3 Å². The Kier molecular flexibility index (Phi) is 6.48. The van der Waals surface area contributed by atoms with Crippen molar-refractivity contribution in [2.24, 2.45) is 0 Å². The molecule has 0 aliphatic heterocycles. The molecular formula is C16H16S3. The van der Waals surface area contributed by atoms with E-state index in [1.54, 1.807) is 11.8 Å². The monoisotopic (exact) mass is 304 g/mol. The maximum Gasteiger partial charge on any atom is 0.0288 e. The first-order chi connectivity index (χ1) is 9.38. The van der Waals surface area contributed by atoms with E-state index in [1.807, 2.05) is 33.7 Å². The van der Waals surface area contributed by atoms with E-state index in [4.69, 9.17) is 0 Å². The zero-order valence-electron chi connectivity index (χ0n) is 10.6. The third-order valence-corrected chi connectivity index (χ3v) is 5.66. The van der Waals surface area contributed by atoms with Crippen LogP contribution in [0.4, 0.5) is 0 Å². The summed E-state index contributed by atoms with van der Waals surface area (Å²) in [6, 6.07) is 19.3. The first-order valence-corrected chi connectivity index (χ1v) is 9.36. The van der Waals surface area contributed by atoms with Gasteiger partial charge in [-0.25, -0.2) is 0 Å². The molecule has 0 atom stereocenters. The minimum absolute atomic E-state index is 1.01. The van der Waals surface area contributed by atoms with Gasteiger partial charge in [-0.3, -0.25) is 0 Å². The van der Waals surface area contributed by atoms with Crippen molar-refractivity contribution in [3.63, 3.8) is 0 Å². The van der Waals surface area contributed by atoms with Gasteiger partial charge in [-0.15, -0.1) is 6.58 Å². The Morgan fingerprint density at radius 2 is 1.53 bits per heavy atom. The molecule has 0 saturated carbocycles. The number of hydrogen-bond acceptors (Lipinski definition) is 3. The topological polar surface area (TPSA) is 0 Å². The average Bonchev–Trinajstić information content (AvgIpc) is 2.46. The lowest BCUT2D eigenvalue weighted by Gasteiger charge is -2.04. The van der Waals surface area contributed by atoms with E-state index in [1.165, 1.54) is 15.4 Å². The predicted octanol–water partition coefficient (Wildman–Crippen LogP) is 5.91. The first kappa shape index (κ1) is 14.6. The average molecular weight is 305 g/mol. The molecule has 3 heteroatoms. The largest absolute Gasteiger partial charge is 0.102 e. The molecule has 0 unspecified atom stereocenters. The molecule has 2 rings (SSSR count). The lowest BCUT2D eigenvalue weighted by molar-refractivity contribution is 1.34. The second kappa shape index (κ2) is 8.41. The van der Waals surface area contributed by atoms with Crippen LogP contribution in [0.1, 0.15) is 5.56 Å². The molecule has 0 aliphatic rings. The van der Waals surface area contributed by atoms with Crippen LogP contribution in [-0.4, -0.2) is 5.75 Å². The van der Waals surface area contributed by atoms with Crippen LogP contribution in [0.5, 0.6) is 0 Å². The van der Waals surface area contributed by atoms with Crippen molar-refractivity contribution in [1.29, 1.82) is 0 Å². The highest BCUT2D eigenvalue weighted by Crippen LogP contribution is 2.29. The maximum atomic E-state index is 3.72. The van der Waals surface area contributed by atoms with Crippen LogP contribution < -0.4 is 0 Å². The predicted molar refractivity (Wildman–Crippen MR) is 91.0 cm³/mol. The molecule has 0 amide bonds. The fourth-order valence-electron chi connectivity index (χ4n) is 1.48. The van der Waals surface area contributed by atoms with Gasteiger partial charge in [0.15, 0.2) is 0 Å². The van der Waals surface area contributed by atoms with Crippen LogP contribution in [0.15, 0.2) is 77.0 Å². The van der Waals surface area contributed by atoms with E-state index in [0.717, 1.165) is 11.5 Å². The lowest BCUT2D eigenvalue weighted by Crippen LogP contribution is -1.79. The van der Waals surface area contributed by atoms with Crippen LogP contribution in [0.2, 0.25) is 0 Å². The third kappa shape index (κ3) is 5.39. The highest BCUT2D eigenvalue weighted by Gasteiger charge is 1.98. The zero-order valence-corrected chi connectivity index (χ0v) is 13.1. The number of benzene rings is 2. The highest BCUT2D eigenvalue weighted by atomic mass is 33.1. The molecule has 2 aromatic carbocycles. The van der Waals surface area contributed by atoms with Crippen LogP contribution in [0.25, 0.3) is 0 Å². The minimum Gasteiger partial charge on any atom is -0.102 e. The Labute approximate surface area is 127 Å². The van der Waals surface area contributed by atoms with Crippen molar-refractivity contribution in [3.05, 3.63) is 72.8 Å². The molecule has 98 valence electrons. The SMILES string of the molecule is C=CCSSCc1ccc(Sc2ccccc2)cc1. The molecule has 0 heterocycles. The molecule has 0 bridgehead atoms. The molecule has 19 heavy (non-hydrogen) atoms. The minimum atomic E-state index is 1.01. The molecule has 0 aliphatic carbocycles. The van der Waals surface area contributed by atoms with Crippen molar-refractivity contribution >= 4 is 33.3 Å². The molecule has 2 aromatic rings. The number of rotatable bonds is 7. The molecule has 0 saturated heterocycles. The van der Waals surface area contributed by atoms with Gasteiger partial charge >= 0.3 is 0 Å². The van der Waals surface area contributed by atoms with Gasteiger partial charge in [0.2, 0.25) is 0 Å². The molecule has 0 nitrogen and oxygen atoms in total. The van der Waals surface area contributed by atoms with Crippen molar-refractivity contribution in [3.8, 4) is 0 Å². The summed E-state index contributed by atoms with van der Waals surface area (Å²) in [4.78, 5) is 2.57. The van der Waals surface area contributed by atoms with Gasteiger partial charge in [-0.2, -0.15) is 0 Å². The van der Waals surface area contributed by atoms with E-state index in [-0.39, 0.29) is 0 Å². The fraction of sp³-hybridized carbons (Fsp3) is 0.125. The summed E-state index contributed by atoms with van der Waals surface area (Å²) in [6.07, 6.45) is 1.94. The van der Waals surface area contributed by atoms with Gasteiger partial charge in [-0.05, 0) is 29.8 Å². The Morgan fingerprint density at radius 3 is 2.21 bits per heavy atom. The van der Waals surface area contributed by atoms with Crippen LogP contribution >= 0.6 is 33.3 Å². The van der Waals surface area contributed by atoms with E-state index in [0.29, 0.717) is 0 Å². The van der Waals surface area contributed by atoms with Crippen molar-refractivity contribution in [2.45, 2.75) is 15.5 Å². The summed E-state index contributed by atoms with van der Waals surface area (Å²) in [5, 5.41) is 0. The second-order valence-corrected chi connectivity index (χ2v) is 7.55. The van der Waals surface area contributed by atoms with Gasteiger partial charge in [-0.1, -0.05) is 69.8 Å². The molecule has 0 aromatic heterocycles. The van der Waals surface area contributed by atoms with E-state index in [9.17, 15) is 0 Å². The third-order valence-electron chi connectivity index (χ3n) is 2.40. The summed E-state index contributed by atoms with van der Waals surface area (Å²) in [5.74, 6) is 2.06.